The Bertz CT molecular complexity index is 646. The van der Waals surface area contributed by atoms with E-state index in [0.717, 1.165) is 11.8 Å². The Kier molecular flexibility index (Phi) is 4.23. The summed E-state index contributed by atoms with van der Waals surface area (Å²) in [7, 11) is -6.75. The minimum absolute atomic E-state index is 0.0871. The molecule has 1 rings (SSSR count). The topological polar surface area (TPSA) is 93.0 Å². The molecular weight excluding hydrogens is 276 g/mol. The molecule has 1 atom stereocenters. The smallest absolute Gasteiger partial charge is 0.226 e. The molecule has 0 amide bonds. The molecule has 0 saturated carbocycles. The molecule has 0 radical (unpaired) electrons. The molecule has 0 saturated heterocycles. The maximum absolute atomic E-state index is 12.1. The van der Waals surface area contributed by atoms with Gasteiger partial charge in [0.2, 0.25) is 9.84 Å². The van der Waals surface area contributed by atoms with Gasteiger partial charge >= 0.3 is 0 Å². The van der Waals surface area contributed by atoms with Crippen molar-refractivity contribution in [2.75, 3.05) is 13.3 Å². The molecule has 0 bridgehead atoms. The standard InChI is InChI=1S/C10H14N2O4S2/c1-8-4-6-9(7-5-8)18(15,16)10(12-11-2)17(3,13)14/h4-7,10H,1-3H3. The van der Waals surface area contributed by atoms with Gasteiger partial charge in [-0.3, -0.25) is 0 Å². The largest absolute Gasteiger partial charge is 0.275 e. The molecule has 0 fully saturated rings. The lowest BCUT2D eigenvalue weighted by Crippen LogP contribution is -2.27. The average molecular weight is 290 g/mol. The summed E-state index contributed by atoms with van der Waals surface area (Å²) in [5.74, 6) is 0. The zero-order valence-corrected chi connectivity index (χ0v) is 11.9. The summed E-state index contributed by atoms with van der Waals surface area (Å²) in [5.41, 5.74) is 0.877. The second-order valence-corrected chi connectivity index (χ2v) is 8.22. The van der Waals surface area contributed by atoms with Gasteiger partial charge in [0.05, 0.1) is 4.90 Å². The van der Waals surface area contributed by atoms with Crippen LogP contribution in [0.1, 0.15) is 5.56 Å². The molecular formula is C10H14N2O4S2. The molecule has 0 aliphatic rings. The number of hydrogen-bond donors (Lipinski definition) is 0. The molecule has 1 aromatic carbocycles. The molecule has 0 N–H and O–H groups in total. The Balaban J connectivity index is 3.40. The lowest BCUT2D eigenvalue weighted by atomic mass is 10.2. The molecule has 1 unspecified atom stereocenters. The van der Waals surface area contributed by atoms with Gasteiger partial charge in [0.1, 0.15) is 0 Å². The van der Waals surface area contributed by atoms with E-state index in [4.69, 9.17) is 0 Å². The lowest BCUT2D eigenvalue weighted by molar-refractivity contribution is 0.576. The summed E-state index contributed by atoms with van der Waals surface area (Å²) in [6.07, 6.45) is 0.818. The number of rotatable bonds is 4. The van der Waals surface area contributed by atoms with Crippen LogP contribution in [0.5, 0.6) is 0 Å². The van der Waals surface area contributed by atoms with Crippen molar-refractivity contribution >= 4 is 19.7 Å². The number of sulfone groups is 2. The first-order valence-electron chi connectivity index (χ1n) is 4.98. The van der Waals surface area contributed by atoms with Crippen molar-refractivity contribution in [1.29, 1.82) is 0 Å². The van der Waals surface area contributed by atoms with Gasteiger partial charge in [0.15, 0.2) is 9.84 Å². The van der Waals surface area contributed by atoms with Crippen LogP contribution in [0.25, 0.3) is 0 Å². The van der Waals surface area contributed by atoms with Crippen molar-refractivity contribution in [1.82, 2.24) is 0 Å². The fraction of sp³-hybridized carbons (Fsp3) is 0.400. The van der Waals surface area contributed by atoms with Crippen LogP contribution in [0.4, 0.5) is 0 Å². The summed E-state index contributed by atoms with van der Waals surface area (Å²) in [5, 5.41) is 6.59. The minimum Gasteiger partial charge on any atom is -0.226 e. The third-order valence-corrected chi connectivity index (χ3v) is 6.38. The SMILES string of the molecule is CN=NC(S(C)(=O)=O)S(=O)(=O)c1ccc(C)cc1. The van der Waals surface area contributed by atoms with Crippen LogP contribution in [0.15, 0.2) is 39.4 Å². The highest BCUT2D eigenvalue weighted by Crippen LogP contribution is 2.21. The van der Waals surface area contributed by atoms with E-state index in [1.807, 2.05) is 0 Å². The summed E-state index contributed by atoms with van der Waals surface area (Å²) in [6, 6.07) is 5.90. The van der Waals surface area contributed by atoms with E-state index in [1.165, 1.54) is 19.2 Å². The predicted octanol–water partition coefficient (Wildman–Crippen LogP) is 1.18. The highest BCUT2D eigenvalue weighted by atomic mass is 32.3. The van der Waals surface area contributed by atoms with Gasteiger partial charge in [0.25, 0.3) is 4.71 Å². The van der Waals surface area contributed by atoms with Gasteiger partial charge in [-0.15, -0.1) is 0 Å². The Labute approximate surface area is 107 Å². The van der Waals surface area contributed by atoms with Crippen LogP contribution in [0.3, 0.4) is 0 Å². The molecule has 0 aromatic heterocycles. The van der Waals surface area contributed by atoms with Crippen LogP contribution >= 0.6 is 0 Å². The molecule has 0 aliphatic heterocycles. The van der Waals surface area contributed by atoms with Crippen molar-refractivity contribution in [3.05, 3.63) is 29.8 Å². The summed E-state index contributed by atoms with van der Waals surface area (Å²) < 4.78 is 45.4. The van der Waals surface area contributed by atoms with Gasteiger partial charge in [-0.25, -0.2) is 16.8 Å². The van der Waals surface area contributed by atoms with Crippen molar-refractivity contribution in [3.63, 3.8) is 0 Å². The van der Waals surface area contributed by atoms with Gasteiger partial charge in [-0.05, 0) is 19.1 Å². The van der Waals surface area contributed by atoms with E-state index >= 15 is 0 Å². The zero-order chi connectivity index (χ0) is 14.0. The zero-order valence-electron chi connectivity index (χ0n) is 10.2. The van der Waals surface area contributed by atoms with Gasteiger partial charge < -0.3 is 0 Å². The van der Waals surface area contributed by atoms with E-state index in [2.05, 4.69) is 10.2 Å². The van der Waals surface area contributed by atoms with Crippen LogP contribution in [0.2, 0.25) is 0 Å². The third kappa shape index (κ3) is 3.14. The van der Waals surface area contributed by atoms with E-state index < -0.39 is 24.4 Å². The molecule has 0 aliphatic carbocycles. The number of azo groups is 1. The van der Waals surface area contributed by atoms with E-state index in [0.29, 0.717) is 0 Å². The van der Waals surface area contributed by atoms with Crippen LogP contribution < -0.4 is 0 Å². The number of benzene rings is 1. The van der Waals surface area contributed by atoms with Gasteiger partial charge in [-0.2, -0.15) is 10.2 Å². The lowest BCUT2D eigenvalue weighted by Gasteiger charge is -2.10. The normalized spacial score (nSPS) is 14.8. The second-order valence-electron chi connectivity index (χ2n) is 3.81. The quantitative estimate of drug-likeness (QED) is 0.778. The van der Waals surface area contributed by atoms with E-state index in [1.54, 1.807) is 19.1 Å². The molecule has 1 aromatic rings. The van der Waals surface area contributed by atoms with Crippen molar-refractivity contribution < 1.29 is 16.8 Å². The fourth-order valence-electron chi connectivity index (χ4n) is 1.32. The third-order valence-electron chi connectivity index (χ3n) is 2.19. The Morgan fingerprint density at radius 1 is 1.06 bits per heavy atom. The highest BCUT2D eigenvalue weighted by molar-refractivity contribution is 8.08. The second kappa shape index (κ2) is 5.15. The van der Waals surface area contributed by atoms with Crippen molar-refractivity contribution in [3.8, 4) is 0 Å². The first-order valence-corrected chi connectivity index (χ1v) is 8.48. The van der Waals surface area contributed by atoms with Gasteiger partial charge in [-0.1, -0.05) is 17.7 Å². The monoisotopic (exact) mass is 290 g/mol. The number of nitrogens with zero attached hydrogens (tertiary/aromatic N) is 2. The summed E-state index contributed by atoms with van der Waals surface area (Å²) >= 11 is 0. The molecule has 18 heavy (non-hydrogen) atoms. The predicted molar refractivity (Wildman–Crippen MR) is 67.8 cm³/mol. The Morgan fingerprint density at radius 2 is 1.56 bits per heavy atom. The summed E-state index contributed by atoms with van der Waals surface area (Å²) in [6.45, 7) is 1.80. The minimum atomic E-state index is -4.09. The van der Waals surface area contributed by atoms with E-state index in [9.17, 15) is 16.8 Å². The molecule has 0 heterocycles. The van der Waals surface area contributed by atoms with Crippen LogP contribution in [0, 0.1) is 6.92 Å². The maximum Gasteiger partial charge on any atom is 0.275 e. The first kappa shape index (κ1) is 14.8. The highest BCUT2D eigenvalue weighted by Gasteiger charge is 2.36. The molecule has 0 spiro atoms. The van der Waals surface area contributed by atoms with E-state index in [-0.39, 0.29) is 4.90 Å². The Morgan fingerprint density at radius 3 is 1.94 bits per heavy atom. The summed E-state index contributed by atoms with van der Waals surface area (Å²) in [4.78, 5) is -0.0871. The molecule has 100 valence electrons. The Hall–Kier alpha value is -1.28. The maximum atomic E-state index is 12.1. The number of hydrogen-bond acceptors (Lipinski definition) is 6. The first-order chi connectivity index (χ1) is 8.19. The van der Waals surface area contributed by atoms with Crippen molar-refractivity contribution in [2.24, 2.45) is 10.2 Å². The average Bonchev–Trinajstić information content (AvgIpc) is 2.24. The van der Waals surface area contributed by atoms with Gasteiger partial charge in [0, 0.05) is 13.3 Å². The van der Waals surface area contributed by atoms with Crippen molar-refractivity contribution in [2.45, 2.75) is 16.5 Å². The molecule has 8 heteroatoms. The fourth-order valence-corrected chi connectivity index (χ4v) is 4.72. The number of aryl methyl sites for hydroxylation is 1. The van der Waals surface area contributed by atoms with Crippen LogP contribution in [-0.4, -0.2) is 34.8 Å². The van der Waals surface area contributed by atoms with Crippen LogP contribution in [-0.2, 0) is 19.7 Å². The molecule has 6 nitrogen and oxygen atoms in total.